The van der Waals surface area contributed by atoms with Gasteiger partial charge in [-0.15, -0.1) is 0 Å². The largest absolute Gasteiger partial charge is 0.497 e. The molecule has 0 bridgehead atoms. The molecule has 28 heavy (non-hydrogen) atoms. The van der Waals surface area contributed by atoms with Crippen molar-refractivity contribution in [2.75, 3.05) is 40.0 Å². The number of ether oxygens (including phenoxy) is 2. The minimum absolute atomic E-state index is 0.0581. The van der Waals surface area contributed by atoms with Crippen molar-refractivity contribution in [2.24, 2.45) is 0 Å². The minimum Gasteiger partial charge on any atom is -0.497 e. The third kappa shape index (κ3) is 5.34. The minimum atomic E-state index is -0.661. The SMILES string of the molecule is COc1ccc(CNC(=O)C(=O)NC[C@@H](c2ccco2)[NH+]2CCOCC2)cc1. The van der Waals surface area contributed by atoms with Crippen LogP contribution in [0.1, 0.15) is 17.4 Å². The molecule has 3 N–H and O–H groups in total. The molecule has 8 heteroatoms. The summed E-state index contributed by atoms with van der Waals surface area (Å²) in [6, 6.07) is 10.9. The van der Waals surface area contributed by atoms with Gasteiger partial charge in [-0.25, -0.2) is 0 Å². The average Bonchev–Trinajstić information content (AvgIpc) is 3.27. The standard InChI is InChI=1S/C20H25N3O5/c1-26-16-6-4-15(5-7-16)13-21-19(24)20(25)22-14-17(18-3-2-10-28-18)23-8-11-27-12-9-23/h2-7,10,17H,8-9,11-14H2,1H3,(H,21,24)(H,22,25)/p+1/t17-/m0/s1. The molecule has 1 fully saturated rings. The van der Waals surface area contributed by atoms with Crippen LogP contribution in [0.15, 0.2) is 47.1 Å². The molecule has 150 valence electrons. The molecule has 0 aliphatic carbocycles. The summed E-state index contributed by atoms with van der Waals surface area (Å²) in [5, 5.41) is 5.36. The van der Waals surface area contributed by atoms with E-state index in [1.807, 2.05) is 24.3 Å². The zero-order chi connectivity index (χ0) is 19.8. The summed E-state index contributed by atoms with van der Waals surface area (Å²) in [5.74, 6) is 0.210. The van der Waals surface area contributed by atoms with Crippen molar-refractivity contribution in [2.45, 2.75) is 12.6 Å². The molecule has 0 radical (unpaired) electrons. The van der Waals surface area contributed by atoms with Crippen LogP contribution in [0.2, 0.25) is 0 Å². The second kappa shape index (κ2) is 9.91. The van der Waals surface area contributed by atoms with E-state index >= 15 is 0 Å². The summed E-state index contributed by atoms with van der Waals surface area (Å²) in [5.41, 5.74) is 0.883. The Kier molecular flexibility index (Phi) is 7.05. The Hall–Kier alpha value is -2.84. The van der Waals surface area contributed by atoms with Gasteiger partial charge in [-0.1, -0.05) is 12.1 Å². The summed E-state index contributed by atoms with van der Waals surface area (Å²) in [7, 11) is 1.59. The highest BCUT2D eigenvalue weighted by molar-refractivity contribution is 6.35. The fraction of sp³-hybridized carbons (Fsp3) is 0.400. The average molecular weight is 388 g/mol. The van der Waals surface area contributed by atoms with Gasteiger partial charge in [-0.05, 0) is 29.8 Å². The van der Waals surface area contributed by atoms with E-state index in [0.717, 1.165) is 30.2 Å². The second-order valence-electron chi connectivity index (χ2n) is 6.58. The van der Waals surface area contributed by atoms with Gasteiger partial charge in [-0.3, -0.25) is 9.59 Å². The van der Waals surface area contributed by atoms with Crippen molar-refractivity contribution in [1.82, 2.24) is 10.6 Å². The fourth-order valence-corrected chi connectivity index (χ4v) is 3.20. The molecule has 0 unspecified atom stereocenters. The first-order chi connectivity index (χ1) is 13.7. The number of rotatable bonds is 7. The second-order valence-corrected chi connectivity index (χ2v) is 6.58. The third-order valence-corrected chi connectivity index (χ3v) is 4.80. The van der Waals surface area contributed by atoms with Crippen molar-refractivity contribution >= 4 is 11.8 Å². The molecule has 8 nitrogen and oxygen atoms in total. The highest BCUT2D eigenvalue weighted by Crippen LogP contribution is 2.11. The number of morpholine rings is 1. The number of quaternary nitrogens is 1. The number of benzene rings is 1. The van der Waals surface area contributed by atoms with Crippen LogP contribution in [0, 0.1) is 0 Å². The van der Waals surface area contributed by atoms with Crippen LogP contribution >= 0.6 is 0 Å². The van der Waals surface area contributed by atoms with Gasteiger partial charge < -0.3 is 29.4 Å². The van der Waals surface area contributed by atoms with E-state index in [9.17, 15) is 9.59 Å². The van der Waals surface area contributed by atoms with Gasteiger partial charge in [0.15, 0.2) is 11.8 Å². The Morgan fingerprint density at radius 2 is 1.82 bits per heavy atom. The Bertz CT molecular complexity index is 755. The van der Waals surface area contributed by atoms with E-state index < -0.39 is 11.8 Å². The fourth-order valence-electron chi connectivity index (χ4n) is 3.20. The van der Waals surface area contributed by atoms with Gasteiger partial charge in [0.1, 0.15) is 18.8 Å². The maximum Gasteiger partial charge on any atom is 0.309 e. The van der Waals surface area contributed by atoms with E-state index in [1.54, 1.807) is 25.5 Å². The molecule has 1 aliphatic rings. The van der Waals surface area contributed by atoms with Crippen molar-refractivity contribution in [3.05, 3.63) is 54.0 Å². The lowest BCUT2D eigenvalue weighted by molar-refractivity contribution is -0.938. The van der Waals surface area contributed by atoms with E-state index in [2.05, 4.69) is 10.6 Å². The van der Waals surface area contributed by atoms with E-state index in [-0.39, 0.29) is 12.6 Å². The molecule has 2 heterocycles. The summed E-state index contributed by atoms with van der Waals surface area (Å²) in [4.78, 5) is 25.6. The summed E-state index contributed by atoms with van der Waals surface area (Å²) >= 11 is 0. The monoisotopic (exact) mass is 388 g/mol. The Balaban J connectivity index is 1.50. The highest BCUT2D eigenvalue weighted by Gasteiger charge is 2.29. The predicted octanol–water partition coefficient (Wildman–Crippen LogP) is -0.323. The number of methoxy groups -OCH3 is 1. The van der Waals surface area contributed by atoms with Gasteiger partial charge in [0.2, 0.25) is 0 Å². The number of hydrogen-bond acceptors (Lipinski definition) is 5. The lowest BCUT2D eigenvalue weighted by Crippen LogP contribution is -3.15. The van der Waals surface area contributed by atoms with Gasteiger partial charge in [0.25, 0.3) is 0 Å². The molecular formula is C20H26N3O5+. The van der Waals surface area contributed by atoms with Crippen LogP contribution < -0.4 is 20.3 Å². The zero-order valence-electron chi connectivity index (χ0n) is 15.9. The van der Waals surface area contributed by atoms with Crippen molar-refractivity contribution in [1.29, 1.82) is 0 Å². The quantitative estimate of drug-likeness (QED) is 0.565. The molecule has 2 aromatic rings. The molecule has 0 saturated carbocycles. The van der Waals surface area contributed by atoms with Gasteiger partial charge in [0, 0.05) is 6.54 Å². The van der Waals surface area contributed by atoms with Crippen LogP contribution in [-0.2, 0) is 20.9 Å². The molecule has 3 rings (SSSR count). The van der Waals surface area contributed by atoms with Crippen molar-refractivity contribution < 1.29 is 28.4 Å². The van der Waals surface area contributed by atoms with Crippen LogP contribution in [0.25, 0.3) is 0 Å². The lowest BCUT2D eigenvalue weighted by atomic mass is 10.1. The van der Waals surface area contributed by atoms with Crippen molar-refractivity contribution in [3.8, 4) is 5.75 Å². The summed E-state index contributed by atoms with van der Waals surface area (Å²) in [6.07, 6.45) is 1.62. The first-order valence-electron chi connectivity index (χ1n) is 9.32. The first-order valence-corrected chi connectivity index (χ1v) is 9.32. The molecule has 2 amide bonds. The van der Waals surface area contributed by atoms with E-state index in [1.165, 1.54) is 4.90 Å². The van der Waals surface area contributed by atoms with Crippen LogP contribution in [0.3, 0.4) is 0 Å². The van der Waals surface area contributed by atoms with Crippen LogP contribution in [-0.4, -0.2) is 51.8 Å². The molecule has 1 aromatic heterocycles. The highest BCUT2D eigenvalue weighted by atomic mass is 16.5. The number of amides is 2. The molecule has 1 saturated heterocycles. The van der Waals surface area contributed by atoms with Gasteiger partial charge in [-0.2, -0.15) is 0 Å². The van der Waals surface area contributed by atoms with Gasteiger partial charge >= 0.3 is 11.8 Å². The first kappa shape index (κ1) is 19.9. The molecule has 1 atom stereocenters. The Morgan fingerprint density at radius 3 is 2.46 bits per heavy atom. The van der Waals surface area contributed by atoms with Crippen LogP contribution in [0.5, 0.6) is 5.75 Å². The molecule has 1 aromatic carbocycles. The smallest absolute Gasteiger partial charge is 0.309 e. The molecule has 1 aliphatic heterocycles. The number of nitrogens with one attached hydrogen (secondary N) is 3. The normalized spacial score (nSPS) is 15.6. The third-order valence-electron chi connectivity index (χ3n) is 4.80. The Morgan fingerprint density at radius 1 is 1.11 bits per heavy atom. The topological polar surface area (TPSA) is 94.2 Å². The maximum absolute atomic E-state index is 12.2. The molecular weight excluding hydrogens is 362 g/mol. The van der Waals surface area contributed by atoms with E-state index in [0.29, 0.717) is 19.8 Å². The number of carbonyl (C=O) groups excluding carboxylic acids is 2. The summed E-state index contributed by atoms with van der Waals surface area (Å²) in [6.45, 7) is 3.58. The van der Waals surface area contributed by atoms with Gasteiger partial charge in [0.05, 0.1) is 33.1 Å². The lowest BCUT2D eigenvalue weighted by Gasteiger charge is -2.30. The maximum atomic E-state index is 12.2. The molecule has 0 spiro atoms. The summed E-state index contributed by atoms with van der Waals surface area (Å²) < 4.78 is 16.0. The number of hydrogen-bond donors (Lipinski definition) is 3. The van der Waals surface area contributed by atoms with Crippen LogP contribution in [0.4, 0.5) is 0 Å². The van der Waals surface area contributed by atoms with E-state index in [4.69, 9.17) is 13.9 Å². The van der Waals surface area contributed by atoms with Crippen molar-refractivity contribution in [3.63, 3.8) is 0 Å². The number of furan rings is 1. The predicted molar refractivity (Wildman–Crippen MR) is 101 cm³/mol. The number of carbonyl (C=O) groups is 2. The zero-order valence-corrected chi connectivity index (χ0v) is 15.9. The Labute approximate surface area is 163 Å².